The molecule has 0 aliphatic carbocycles. The minimum absolute atomic E-state index is 0. The predicted octanol–water partition coefficient (Wildman–Crippen LogP) is 1.91. The van der Waals surface area contributed by atoms with Gasteiger partial charge in [-0.15, -0.1) is 12.4 Å². The van der Waals surface area contributed by atoms with Gasteiger partial charge in [0.05, 0.1) is 12.6 Å². The molecule has 0 fully saturated rings. The Hall–Kier alpha value is -1.92. The summed E-state index contributed by atoms with van der Waals surface area (Å²) in [6.07, 6.45) is 0.561. The topological polar surface area (TPSA) is 91.2 Å². The van der Waals surface area contributed by atoms with E-state index in [1.165, 1.54) is 0 Å². The summed E-state index contributed by atoms with van der Waals surface area (Å²) in [4.78, 5) is 15.3. The van der Waals surface area contributed by atoms with Gasteiger partial charge in [-0.05, 0) is 24.1 Å². The molecule has 0 bridgehead atoms. The SMILES string of the molecule is CCOC(=O)c1noc([C@H](N)Cc2ccccc2)n1.Cl. The van der Waals surface area contributed by atoms with Gasteiger partial charge in [0.2, 0.25) is 5.89 Å². The van der Waals surface area contributed by atoms with Gasteiger partial charge in [-0.3, -0.25) is 0 Å². The molecule has 0 amide bonds. The predicted molar refractivity (Wildman–Crippen MR) is 74.6 cm³/mol. The number of hydrogen-bond donors (Lipinski definition) is 1. The standard InChI is InChI=1S/C13H15N3O3.ClH/c1-2-18-13(17)11-15-12(19-16-11)10(14)8-9-6-4-3-5-7-9;/h3-7,10H,2,8,14H2,1H3;1H/t10-;/m1./s1. The van der Waals surface area contributed by atoms with Gasteiger partial charge in [0.15, 0.2) is 0 Å². The van der Waals surface area contributed by atoms with E-state index in [-0.39, 0.29) is 30.7 Å². The van der Waals surface area contributed by atoms with Crippen LogP contribution in [0.2, 0.25) is 0 Å². The Morgan fingerprint density at radius 2 is 2.10 bits per heavy atom. The van der Waals surface area contributed by atoms with Crippen LogP contribution in [0.15, 0.2) is 34.9 Å². The highest BCUT2D eigenvalue weighted by atomic mass is 35.5. The van der Waals surface area contributed by atoms with Crippen LogP contribution in [-0.4, -0.2) is 22.7 Å². The third-order valence-electron chi connectivity index (χ3n) is 2.52. The second-order valence-corrected chi connectivity index (χ2v) is 3.97. The Bertz CT molecular complexity index is 545. The molecule has 2 aromatic rings. The summed E-state index contributed by atoms with van der Waals surface area (Å²) in [5, 5.41) is 3.56. The van der Waals surface area contributed by atoms with Crippen molar-refractivity contribution in [3.8, 4) is 0 Å². The molecule has 0 unspecified atom stereocenters. The van der Waals surface area contributed by atoms with Crippen LogP contribution in [0.5, 0.6) is 0 Å². The van der Waals surface area contributed by atoms with E-state index in [0.29, 0.717) is 6.42 Å². The van der Waals surface area contributed by atoms with Crippen LogP contribution in [0, 0.1) is 0 Å². The summed E-state index contributed by atoms with van der Waals surface area (Å²) in [6, 6.07) is 9.27. The van der Waals surface area contributed by atoms with Gasteiger partial charge in [-0.1, -0.05) is 30.3 Å². The molecule has 7 heteroatoms. The number of esters is 1. The number of nitrogens with two attached hydrogens (primary N) is 1. The van der Waals surface area contributed by atoms with Crippen LogP contribution in [0.25, 0.3) is 0 Å². The highest BCUT2D eigenvalue weighted by Crippen LogP contribution is 2.14. The molecule has 2 N–H and O–H groups in total. The van der Waals surface area contributed by atoms with Crippen LogP contribution >= 0.6 is 12.4 Å². The van der Waals surface area contributed by atoms with Crippen molar-refractivity contribution in [2.45, 2.75) is 19.4 Å². The van der Waals surface area contributed by atoms with Crippen LogP contribution in [0.1, 0.15) is 35.0 Å². The molecule has 20 heavy (non-hydrogen) atoms. The largest absolute Gasteiger partial charge is 0.460 e. The van der Waals surface area contributed by atoms with E-state index in [1.54, 1.807) is 6.92 Å². The van der Waals surface area contributed by atoms with E-state index in [0.717, 1.165) is 5.56 Å². The van der Waals surface area contributed by atoms with Crippen LogP contribution < -0.4 is 5.73 Å². The lowest BCUT2D eigenvalue weighted by atomic mass is 10.1. The highest BCUT2D eigenvalue weighted by molar-refractivity contribution is 5.85. The summed E-state index contributed by atoms with van der Waals surface area (Å²) in [6.45, 7) is 1.97. The Morgan fingerprint density at radius 3 is 2.75 bits per heavy atom. The molecule has 0 aliphatic rings. The number of carbonyl (C=O) groups excluding carboxylic acids is 1. The van der Waals surface area contributed by atoms with Crippen molar-refractivity contribution < 1.29 is 14.1 Å². The van der Waals surface area contributed by atoms with Crippen molar-refractivity contribution in [1.82, 2.24) is 10.1 Å². The molecule has 0 aliphatic heterocycles. The van der Waals surface area contributed by atoms with Gasteiger partial charge in [0.25, 0.3) is 5.82 Å². The number of halogens is 1. The zero-order chi connectivity index (χ0) is 13.7. The monoisotopic (exact) mass is 297 g/mol. The number of aromatic nitrogens is 2. The molecule has 1 atom stereocenters. The lowest BCUT2D eigenvalue weighted by molar-refractivity contribution is 0.0508. The number of ether oxygens (including phenoxy) is 1. The maximum absolute atomic E-state index is 11.4. The van der Waals surface area contributed by atoms with Crippen molar-refractivity contribution in [2.75, 3.05) is 6.61 Å². The number of nitrogens with zero attached hydrogens (tertiary/aromatic N) is 2. The molecule has 1 heterocycles. The first-order chi connectivity index (χ1) is 9.20. The van der Waals surface area contributed by atoms with E-state index in [2.05, 4.69) is 10.1 Å². The Morgan fingerprint density at radius 1 is 1.40 bits per heavy atom. The second kappa shape index (κ2) is 7.62. The Balaban J connectivity index is 0.00000200. The first-order valence-corrected chi connectivity index (χ1v) is 6.01. The smallest absolute Gasteiger partial charge is 0.379 e. The van der Waals surface area contributed by atoms with E-state index in [1.807, 2.05) is 30.3 Å². The Kier molecular flexibility index (Phi) is 6.14. The zero-order valence-corrected chi connectivity index (χ0v) is 11.8. The summed E-state index contributed by atoms with van der Waals surface area (Å²) in [5.41, 5.74) is 7.03. The summed E-state index contributed by atoms with van der Waals surface area (Å²) in [5.74, 6) is -0.475. The fraction of sp³-hybridized carbons (Fsp3) is 0.308. The number of hydrogen-bond acceptors (Lipinski definition) is 6. The maximum Gasteiger partial charge on any atom is 0.379 e. The van der Waals surface area contributed by atoms with Gasteiger partial charge < -0.3 is 15.0 Å². The number of carbonyl (C=O) groups is 1. The third kappa shape index (κ3) is 4.04. The molecule has 0 radical (unpaired) electrons. The average molecular weight is 298 g/mol. The maximum atomic E-state index is 11.4. The van der Waals surface area contributed by atoms with E-state index < -0.39 is 12.0 Å². The van der Waals surface area contributed by atoms with Gasteiger partial charge in [0.1, 0.15) is 0 Å². The van der Waals surface area contributed by atoms with Gasteiger partial charge in [-0.2, -0.15) is 4.98 Å². The van der Waals surface area contributed by atoms with E-state index in [4.69, 9.17) is 15.0 Å². The summed E-state index contributed by atoms with van der Waals surface area (Å²) < 4.78 is 9.75. The van der Waals surface area contributed by atoms with Crippen molar-refractivity contribution in [1.29, 1.82) is 0 Å². The quantitative estimate of drug-likeness (QED) is 0.848. The van der Waals surface area contributed by atoms with Crippen molar-refractivity contribution in [2.24, 2.45) is 5.73 Å². The van der Waals surface area contributed by atoms with Crippen molar-refractivity contribution >= 4 is 18.4 Å². The summed E-state index contributed by atoms with van der Waals surface area (Å²) in [7, 11) is 0. The van der Waals surface area contributed by atoms with E-state index >= 15 is 0 Å². The van der Waals surface area contributed by atoms with E-state index in [9.17, 15) is 4.79 Å². The lowest BCUT2D eigenvalue weighted by Gasteiger charge is -2.05. The molecule has 1 aromatic carbocycles. The molecule has 0 saturated carbocycles. The third-order valence-corrected chi connectivity index (χ3v) is 2.52. The first kappa shape index (κ1) is 16.1. The van der Waals surface area contributed by atoms with Crippen molar-refractivity contribution in [3.05, 3.63) is 47.6 Å². The molecular formula is C13H16ClN3O3. The van der Waals surface area contributed by atoms with Gasteiger partial charge >= 0.3 is 5.97 Å². The Labute approximate surface area is 122 Å². The molecule has 0 saturated heterocycles. The second-order valence-electron chi connectivity index (χ2n) is 3.97. The average Bonchev–Trinajstić information content (AvgIpc) is 2.90. The van der Waals surface area contributed by atoms with Gasteiger partial charge in [-0.25, -0.2) is 4.79 Å². The first-order valence-electron chi connectivity index (χ1n) is 6.01. The number of rotatable bonds is 5. The fourth-order valence-electron chi connectivity index (χ4n) is 1.62. The lowest BCUT2D eigenvalue weighted by Crippen LogP contribution is -2.14. The summed E-state index contributed by atoms with van der Waals surface area (Å²) >= 11 is 0. The fourth-order valence-corrected chi connectivity index (χ4v) is 1.62. The highest BCUT2D eigenvalue weighted by Gasteiger charge is 2.19. The minimum Gasteiger partial charge on any atom is -0.460 e. The normalized spacial score (nSPS) is 11.5. The minimum atomic E-state index is -0.607. The molecule has 108 valence electrons. The van der Waals surface area contributed by atoms with Gasteiger partial charge in [0, 0.05) is 0 Å². The van der Waals surface area contributed by atoms with Crippen LogP contribution in [0.4, 0.5) is 0 Å². The van der Waals surface area contributed by atoms with Crippen LogP contribution in [0.3, 0.4) is 0 Å². The molecule has 2 rings (SSSR count). The molecule has 0 spiro atoms. The van der Waals surface area contributed by atoms with Crippen LogP contribution in [-0.2, 0) is 11.2 Å². The molecule has 1 aromatic heterocycles. The van der Waals surface area contributed by atoms with Crippen molar-refractivity contribution in [3.63, 3.8) is 0 Å². The molecule has 6 nitrogen and oxygen atoms in total. The molecular weight excluding hydrogens is 282 g/mol. The number of benzene rings is 1. The zero-order valence-electron chi connectivity index (χ0n) is 11.0.